The fraction of sp³-hybridized carbons (Fsp3) is 0.455. The fourth-order valence-corrected chi connectivity index (χ4v) is 1.89. The molecule has 0 saturated carbocycles. The van der Waals surface area contributed by atoms with Gasteiger partial charge >= 0.3 is 0 Å². The van der Waals surface area contributed by atoms with Crippen molar-refractivity contribution in [3.05, 3.63) is 35.4 Å². The Hall–Kier alpha value is -0.900. The van der Waals surface area contributed by atoms with Crippen molar-refractivity contribution >= 4 is 0 Å². The smallest absolute Gasteiger partial charge is 0.0747 e. The molecule has 3 heteroatoms. The summed E-state index contributed by atoms with van der Waals surface area (Å²) < 4.78 is 0. The summed E-state index contributed by atoms with van der Waals surface area (Å²) in [7, 11) is 0. The highest BCUT2D eigenvalue weighted by atomic mass is 16.3. The molecule has 0 aromatic heterocycles. The molecule has 1 aliphatic rings. The largest absolute Gasteiger partial charge is 0.391 e. The molecule has 76 valence electrons. The summed E-state index contributed by atoms with van der Waals surface area (Å²) in [6, 6.07) is 8.20. The maximum atomic E-state index is 9.68. The lowest BCUT2D eigenvalue weighted by molar-refractivity contribution is 0.160. The van der Waals surface area contributed by atoms with Crippen LogP contribution in [0.5, 0.6) is 0 Å². The van der Waals surface area contributed by atoms with Crippen molar-refractivity contribution in [3.8, 4) is 0 Å². The van der Waals surface area contributed by atoms with E-state index in [1.165, 1.54) is 0 Å². The van der Waals surface area contributed by atoms with E-state index in [-0.39, 0.29) is 12.1 Å². The standard InChI is InChI=1S/C11H16N2O/c12-7-8-1-3-9(4-2-8)11-10(14)5-6-13-11/h1-4,10-11,13-14H,5-7,12H2. The van der Waals surface area contributed by atoms with E-state index in [4.69, 9.17) is 5.73 Å². The molecule has 1 heterocycles. The first-order chi connectivity index (χ1) is 6.81. The Morgan fingerprint density at radius 2 is 2.07 bits per heavy atom. The Morgan fingerprint density at radius 3 is 2.57 bits per heavy atom. The highest BCUT2D eigenvalue weighted by Crippen LogP contribution is 2.23. The third-order valence-electron chi connectivity index (χ3n) is 2.76. The Kier molecular flexibility index (Phi) is 2.82. The molecular formula is C11H16N2O. The molecule has 14 heavy (non-hydrogen) atoms. The van der Waals surface area contributed by atoms with E-state index < -0.39 is 0 Å². The van der Waals surface area contributed by atoms with Crippen molar-refractivity contribution in [3.63, 3.8) is 0 Å². The first kappa shape index (κ1) is 9.65. The van der Waals surface area contributed by atoms with Crippen LogP contribution in [0.25, 0.3) is 0 Å². The molecule has 0 aliphatic carbocycles. The summed E-state index contributed by atoms with van der Waals surface area (Å²) in [4.78, 5) is 0. The van der Waals surface area contributed by atoms with Gasteiger partial charge in [0.15, 0.2) is 0 Å². The van der Waals surface area contributed by atoms with Crippen molar-refractivity contribution in [1.29, 1.82) is 0 Å². The van der Waals surface area contributed by atoms with Gasteiger partial charge in [0.2, 0.25) is 0 Å². The number of hydrogen-bond acceptors (Lipinski definition) is 3. The van der Waals surface area contributed by atoms with Crippen LogP contribution in [0.1, 0.15) is 23.6 Å². The van der Waals surface area contributed by atoms with Crippen molar-refractivity contribution in [2.45, 2.75) is 25.1 Å². The number of nitrogens with two attached hydrogens (primary N) is 1. The molecule has 0 radical (unpaired) electrons. The first-order valence-corrected chi connectivity index (χ1v) is 5.01. The normalized spacial score (nSPS) is 26.7. The quantitative estimate of drug-likeness (QED) is 0.641. The van der Waals surface area contributed by atoms with E-state index >= 15 is 0 Å². The maximum Gasteiger partial charge on any atom is 0.0747 e. The van der Waals surface area contributed by atoms with Gasteiger partial charge in [-0.2, -0.15) is 0 Å². The van der Waals surface area contributed by atoms with Crippen LogP contribution in [-0.2, 0) is 6.54 Å². The van der Waals surface area contributed by atoms with Gasteiger partial charge in [0.05, 0.1) is 12.1 Å². The van der Waals surface area contributed by atoms with Crippen LogP contribution in [0.15, 0.2) is 24.3 Å². The van der Waals surface area contributed by atoms with Gasteiger partial charge in [0.1, 0.15) is 0 Å². The summed E-state index contributed by atoms with van der Waals surface area (Å²) in [5, 5.41) is 13.0. The Morgan fingerprint density at radius 1 is 1.36 bits per heavy atom. The van der Waals surface area contributed by atoms with Gasteiger partial charge in [-0.1, -0.05) is 24.3 Å². The van der Waals surface area contributed by atoms with Crippen LogP contribution in [-0.4, -0.2) is 17.8 Å². The average Bonchev–Trinajstić information content (AvgIpc) is 2.65. The number of aliphatic hydroxyl groups is 1. The van der Waals surface area contributed by atoms with Gasteiger partial charge in [-0.15, -0.1) is 0 Å². The van der Waals surface area contributed by atoms with Crippen LogP contribution in [0.4, 0.5) is 0 Å². The average molecular weight is 192 g/mol. The minimum atomic E-state index is -0.251. The highest BCUT2D eigenvalue weighted by Gasteiger charge is 2.25. The van der Waals surface area contributed by atoms with Gasteiger partial charge in [0, 0.05) is 6.54 Å². The van der Waals surface area contributed by atoms with Crippen molar-refractivity contribution < 1.29 is 5.11 Å². The Labute approximate surface area is 83.9 Å². The van der Waals surface area contributed by atoms with Crippen LogP contribution < -0.4 is 11.1 Å². The number of aliphatic hydroxyl groups excluding tert-OH is 1. The zero-order valence-electron chi connectivity index (χ0n) is 8.11. The predicted octanol–water partition coefficient (Wildman–Crippen LogP) is 0.541. The van der Waals surface area contributed by atoms with Crippen LogP contribution in [0.2, 0.25) is 0 Å². The zero-order chi connectivity index (χ0) is 9.97. The molecule has 1 aromatic carbocycles. The molecular weight excluding hydrogens is 176 g/mol. The maximum absolute atomic E-state index is 9.68. The van der Waals surface area contributed by atoms with Gasteiger partial charge < -0.3 is 16.2 Å². The topological polar surface area (TPSA) is 58.3 Å². The van der Waals surface area contributed by atoms with E-state index in [1.807, 2.05) is 24.3 Å². The van der Waals surface area contributed by atoms with Crippen LogP contribution >= 0.6 is 0 Å². The summed E-state index contributed by atoms with van der Waals surface area (Å²) in [5.41, 5.74) is 7.79. The number of benzene rings is 1. The minimum absolute atomic E-state index is 0.0989. The molecule has 1 fully saturated rings. The number of nitrogens with one attached hydrogen (secondary N) is 1. The van der Waals surface area contributed by atoms with E-state index in [1.54, 1.807) is 0 Å². The second-order valence-corrected chi connectivity index (χ2v) is 3.73. The van der Waals surface area contributed by atoms with E-state index in [0.717, 1.165) is 24.1 Å². The van der Waals surface area contributed by atoms with Crippen LogP contribution in [0, 0.1) is 0 Å². The molecule has 1 aliphatic heterocycles. The molecule has 2 atom stereocenters. The molecule has 0 bridgehead atoms. The summed E-state index contributed by atoms with van der Waals surface area (Å²) in [5.74, 6) is 0. The lowest BCUT2D eigenvalue weighted by Gasteiger charge is -2.15. The van der Waals surface area contributed by atoms with Gasteiger partial charge in [0.25, 0.3) is 0 Å². The Balaban J connectivity index is 2.16. The van der Waals surface area contributed by atoms with Gasteiger partial charge in [-0.25, -0.2) is 0 Å². The monoisotopic (exact) mass is 192 g/mol. The molecule has 3 nitrogen and oxygen atoms in total. The lowest BCUT2D eigenvalue weighted by atomic mass is 10.0. The summed E-state index contributed by atoms with van der Waals surface area (Å²) >= 11 is 0. The SMILES string of the molecule is NCc1ccc(C2NCCC2O)cc1. The van der Waals surface area contributed by atoms with Crippen LogP contribution in [0.3, 0.4) is 0 Å². The zero-order valence-corrected chi connectivity index (χ0v) is 8.11. The third-order valence-corrected chi connectivity index (χ3v) is 2.76. The number of hydrogen-bond donors (Lipinski definition) is 3. The molecule has 0 spiro atoms. The molecule has 4 N–H and O–H groups in total. The van der Waals surface area contributed by atoms with Gasteiger partial charge in [-0.05, 0) is 24.1 Å². The minimum Gasteiger partial charge on any atom is -0.391 e. The summed E-state index contributed by atoms with van der Waals surface area (Å²) in [6.45, 7) is 1.46. The predicted molar refractivity (Wildman–Crippen MR) is 55.7 cm³/mol. The second kappa shape index (κ2) is 4.09. The van der Waals surface area contributed by atoms with Crippen molar-refractivity contribution in [2.24, 2.45) is 5.73 Å². The van der Waals surface area contributed by atoms with Crippen molar-refractivity contribution in [1.82, 2.24) is 5.32 Å². The van der Waals surface area contributed by atoms with Gasteiger partial charge in [-0.3, -0.25) is 0 Å². The second-order valence-electron chi connectivity index (χ2n) is 3.73. The molecule has 2 rings (SSSR count). The molecule has 1 aromatic rings. The third kappa shape index (κ3) is 1.80. The Bertz CT molecular complexity index is 297. The van der Waals surface area contributed by atoms with E-state index in [9.17, 15) is 5.11 Å². The summed E-state index contributed by atoms with van der Waals surface area (Å²) in [6.07, 6.45) is 0.585. The van der Waals surface area contributed by atoms with E-state index in [2.05, 4.69) is 5.32 Å². The lowest BCUT2D eigenvalue weighted by Crippen LogP contribution is -2.20. The fourth-order valence-electron chi connectivity index (χ4n) is 1.89. The van der Waals surface area contributed by atoms with E-state index in [0.29, 0.717) is 6.54 Å². The molecule has 2 unspecified atom stereocenters. The number of rotatable bonds is 2. The molecule has 1 saturated heterocycles. The highest BCUT2D eigenvalue weighted by molar-refractivity contribution is 5.26. The molecule has 0 amide bonds. The first-order valence-electron chi connectivity index (χ1n) is 5.01. The van der Waals surface area contributed by atoms with Crippen molar-refractivity contribution in [2.75, 3.05) is 6.54 Å².